The molecule has 0 spiro atoms. The number of aryl methyl sites for hydroxylation is 1. The van der Waals surface area contributed by atoms with Crippen LogP contribution in [0.5, 0.6) is 0 Å². The number of nitrogens with one attached hydrogen (secondary N) is 1. The Kier molecular flexibility index (Phi) is 4.19. The van der Waals surface area contributed by atoms with Gasteiger partial charge in [0.2, 0.25) is 0 Å². The first-order valence-corrected chi connectivity index (χ1v) is 7.54. The first-order valence-electron chi connectivity index (χ1n) is 7.54. The monoisotopic (exact) mass is 288 g/mol. The normalized spacial score (nSPS) is 17.0. The molecular weight excluding hydrogens is 268 g/mol. The van der Waals surface area contributed by atoms with Crippen molar-refractivity contribution >= 4 is 11.9 Å². The van der Waals surface area contributed by atoms with E-state index in [0.717, 1.165) is 11.3 Å². The number of allylic oxidation sites excluding steroid dienone is 4. The quantitative estimate of drug-likeness (QED) is 0.618. The lowest BCUT2D eigenvalue weighted by molar-refractivity contribution is 1.01. The minimum absolute atomic E-state index is 0.362. The first-order chi connectivity index (χ1) is 10.8. The van der Waals surface area contributed by atoms with Crippen LogP contribution in [0, 0.1) is 6.92 Å². The maximum atomic E-state index is 4.41. The van der Waals surface area contributed by atoms with Gasteiger partial charge in [-0.25, -0.2) is 0 Å². The maximum Gasteiger partial charge on any atom is 0.0590 e. The third-order valence-corrected chi connectivity index (χ3v) is 4.02. The van der Waals surface area contributed by atoms with Gasteiger partial charge in [-0.15, -0.1) is 0 Å². The number of benzene rings is 2. The molecule has 1 aliphatic carbocycles. The fourth-order valence-corrected chi connectivity index (χ4v) is 2.70. The average molecular weight is 288 g/mol. The van der Waals surface area contributed by atoms with Crippen LogP contribution < -0.4 is 5.43 Å². The fraction of sp³-hybridized carbons (Fsp3) is 0.150. The number of hydrazone groups is 1. The standard InChI is InChI=1S/C20H20N2/c1-15-9-7-12-18(15)19-11-5-4-10-17(19)14-21-22-20-13-6-3-8-16(20)2/h3-14,18,22H,1-2H3. The maximum absolute atomic E-state index is 4.41. The van der Waals surface area contributed by atoms with E-state index in [-0.39, 0.29) is 0 Å². The molecule has 2 aromatic rings. The number of hydrogen-bond donors (Lipinski definition) is 1. The van der Waals surface area contributed by atoms with E-state index in [0.29, 0.717) is 5.92 Å². The van der Waals surface area contributed by atoms with Crippen LogP contribution in [-0.2, 0) is 0 Å². The molecule has 0 fully saturated rings. The van der Waals surface area contributed by atoms with Crippen molar-refractivity contribution in [2.24, 2.45) is 5.10 Å². The highest BCUT2D eigenvalue weighted by Gasteiger charge is 2.15. The van der Waals surface area contributed by atoms with Gasteiger partial charge in [-0.1, -0.05) is 66.3 Å². The summed E-state index contributed by atoms with van der Waals surface area (Å²) in [6.07, 6.45) is 8.43. The highest BCUT2D eigenvalue weighted by molar-refractivity contribution is 5.83. The molecular formula is C20H20N2. The number of nitrogens with zero attached hydrogens (tertiary/aromatic N) is 1. The molecule has 1 atom stereocenters. The van der Waals surface area contributed by atoms with E-state index < -0.39 is 0 Å². The predicted octanol–water partition coefficient (Wildman–Crippen LogP) is 5.04. The Morgan fingerprint density at radius 1 is 1.00 bits per heavy atom. The summed E-state index contributed by atoms with van der Waals surface area (Å²) in [4.78, 5) is 0. The Morgan fingerprint density at radius 3 is 2.55 bits per heavy atom. The summed E-state index contributed by atoms with van der Waals surface area (Å²) in [6.45, 7) is 4.24. The zero-order valence-corrected chi connectivity index (χ0v) is 13.0. The van der Waals surface area contributed by atoms with Crippen molar-refractivity contribution in [3.05, 3.63) is 89.0 Å². The Hall–Kier alpha value is -2.61. The summed E-state index contributed by atoms with van der Waals surface area (Å²) in [5.41, 5.74) is 9.15. The zero-order valence-electron chi connectivity index (χ0n) is 13.0. The number of rotatable bonds is 4. The molecule has 22 heavy (non-hydrogen) atoms. The summed E-state index contributed by atoms with van der Waals surface area (Å²) >= 11 is 0. The summed E-state index contributed by atoms with van der Waals surface area (Å²) < 4.78 is 0. The molecule has 2 nitrogen and oxygen atoms in total. The van der Waals surface area contributed by atoms with E-state index in [9.17, 15) is 0 Å². The van der Waals surface area contributed by atoms with Crippen molar-refractivity contribution in [1.82, 2.24) is 0 Å². The van der Waals surface area contributed by atoms with Crippen LogP contribution in [0.2, 0.25) is 0 Å². The van der Waals surface area contributed by atoms with E-state index in [1.54, 1.807) is 0 Å². The smallest absolute Gasteiger partial charge is 0.0590 e. The van der Waals surface area contributed by atoms with Gasteiger partial charge in [0.25, 0.3) is 0 Å². The molecule has 0 radical (unpaired) electrons. The number of para-hydroxylation sites is 1. The summed E-state index contributed by atoms with van der Waals surface area (Å²) in [6, 6.07) is 16.6. The van der Waals surface area contributed by atoms with Gasteiger partial charge < -0.3 is 0 Å². The van der Waals surface area contributed by atoms with Crippen LogP contribution in [0.4, 0.5) is 5.69 Å². The highest BCUT2D eigenvalue weighted by atomic mass is 15.3. The molecule has 0 saturated heterocycles. The Labute approximate surface area is 131 Å². The highest BCUT2D eigenvalue weighted by Crippen LogP contribution is 2.31. The Balaban J connectivity index is 1.81. The average Bonchev–Trinajstić information content (AvgIpc) is 2.96. The SMILES string of the molecule is CC1=CC=CC1c1ccccc1C=NNc1ccccc1C. The summed E-state index contributed by atoms with van der Waals surface area (Å²) in [5.74, 6) is 0.362. The summed E-state index contributed by atoms with van der Waals surface area (Å²) in [5, 5.41) is 4.41. The third-order valence-electron chi connectivity index (χ3n) is 4.02. The molecule has 0 aliphatic heterocycles. The van der Waals surface area contributed by atoms with Gasteiger partial charge in [0.15, 0.2) is 0 Å². The third kappa shape index (κ3) is 3.01. The lowest BCUT2D eigenvalue weighted by atomic mass is 9.91. The minimum atomic E-state index is 0.362. The van der Waals surface area contributed by atoms with Gasteiger partial charge in [-0.05, 0) is 36.6 Å². The molecule has 0 bridgehead atoms. The predicted molar refractivity (Wildman–Crippen MR) is 94.5 cm³/mol. The minimum Gasteiger partial charge on any atom is -0.278 e. The van der Waals surface area contributed by atoms with Crippen molar-refractivity contribution in [2.45, 2.75) is 19.8 Å². The molecule has 1 N–H and O–H groups in total. The van der Waals surface area contributed by atoms with Gasteiger partial charge in [0, 0.05) is 5.92 Å². The van der Waals surface area contributed by atoms with Crippen LogP contribution in [0.25, 0.3) is 0 Å². The molecule has 0 aromatic heterocycles. The Bertz CT molecular complexity index is 754. The Morgan fingerprint density at radius 2 is 1.77 bits per heavy atom. The van der Waals surface area contributed by atoms with Crippen molar-refractivity contribution in [3.63, 3.8) is 0 Å². The largest absolute Gasteiger partial charge is 0.278 e. The van der Waals surface area contributed by atoms with E-state index in [2.05, 4.69) is 72.9 Å². The zero-order chi connectivity index (χ0) is 15.4. The van der Waals surface area contributed by atoms with E-state index in [1.807, 2.05) is 24.4 Å². The van der Waals surface area contributed by atoms with Gasteiger partial charge in [-0.2, -0.15) is 5.10 Å². The van der Waals surface area contributed by atoms with Gasteiger partial charge in [-0.3, -0.25) is 5.43 Å². The van der Waals surface area contributed by atoms with Crippen LogP contribution in [0.15, 0.2) is 77.4 Å². The van der Waals surface area contributed by atoms with Crippen LogP contribution in [-0.4, -0.2) is 6.21 Å². The number of hydrogen-bond acceptors (Lipinski definition) is 2. The van der Waals surface area contributed by atoms with Crippen molar-refractivity contribution in [1.29, 1.82) is 0 Å². The van der Waals surface area contributed by atoms with Gasteiger partial charge >= 0.3 is 0 Å². The number of anilines is 1. The molecule has 1 aliphatic rings. The molecule has 0 amide bonds. The molecule has 110 valence electrons. The first kappa shape index (κ1) is 14.3. The molecule has 1 unspecified atom stereocenters. The van der Waals surface area contributed by atoms with Crippen molar-refractivity contribution < 1.29 is 0 Å². The van der Waals surface area contributed by atoms with E-state index in [4.69, 9.17) is 0 Å². The van der Waals surface area contributed by atoms with Crippen molar-refractivity contribution in [3.8, 4) is 0 Å². The van der Waals surface area contributed by atoms with E-state index >= 15 is 0 Å². The fourth-order valence-electron chi connectivity index (χ4n) is 2.70. The topological polar surface area (TPSA) is 24.4 Å². The second kappa shape index (κ2) is 6.44. The molecule has 2 aromatic carbocycles. The lowest BCUT2D eigenvalue weighted by Gasteiger charge is -2.13. The lowest BCUT2D eigenvalue weighted by Crippen LogP contribution is -2.01. The van der Waals surface area contributed by atoms with Gasteiger partial charge in [0.05, 0.1) is 11.9 Å². The van der Waals surface area contributed by atoms with Gasteiger partial charge in [0.1, 0.15) is 0 Å². The van der Waals surface area contributed by atoms with Crippen LogP contribution in [0.3, 0.4) is 0 Å². The van der Waals surface area contributed by atoms with Crippen molar-refractivity contribution in [2.75, 3.05) is 5.43 Å². The second-order valence-corrected chi connectivity index (χ2v) is 5.59. The van der Waals surface area contributed by atoms with Crippen LogP contribution in [0.1, 0.15) is 29.5 Å². The molecule has 0 saturated carbocycles. The van der Waals surface area contributed by atoms with E-state index in [1.165, 1.54) is 16.7 Å². The molecule has 0 heterocycles. The molecule has 3 rings (SSSR count). The van der Waals surface area contributed by atoms with Crippen LogP contribution >= 0.6 is 0 Å². The second-order valence-electron chi connectivity index (χ2n) is 5.59. The molecule has 2 heteroatoms. The summed E-state index contributed by atoms with van der Waals surface area (Å²) in [7, 11) is 0.